The Balaban J connectivity index is 3.85. The quantitative estimate of drug-likeness (QED) is 0.297. The van der Waals surface area contributed by atoms with Crippen molar-refractivity contribution in [2.45, 2.75) is 50.5 Å². The van der Waals surface area contributed by atoms with Crippen molar-refractivity contribution in [1.82, 2.24) is 0 Å². The molecule has 19 heavy (non-hydrogen) atoms. The van der Waals surface area contributed by atoms with E-state index < -0.39 is 0 Å². The molecule has 0 unspecified atom stereocenters. The molecule has 0 aliphatic rings. The average molecular weight is 431 g/mol. The first-order valence-electron chi connectivity index (χ1n) is 5.96. The normalized spacial score (nSPS) is 11.8. The van der Waals surface area contributed by atoms with E-state index in [2.05, 4.69) is 0 Å². The lowest BCUT2D eigenvalue weighted by Gasteiger charge is -2.13. The molecule has 0 aromatic carbocycles. The van der Waals surface area contributed by atoms with Crippen LogP contribution in [0.1, 0.15) is 0 Å². The molecule has 0 aromatic rings. The number of alkyl halides is 6. The standard InChI is InChI=1S/C9H15BCl6Si3/c11-7(12)17-4-1-10(2-5-18-8(13)14)3-6-19-9(15)16/h7-9H,1-6H2. The smallest absolute Gasteiger partial charge is 0.110 e. The molecule has 0 spiro atoms. The molecule has 0 aromatic heterocycles. The predicted octanol–water partition coefficient (Wildman–Crippen LogP) is 5.13. The van der Waals surface area contributed by atoms with E-state index in [1.807, 2.05) is 0 Å². The Bertz CT molecular complexity index is 177. The van der Waals surface area contributed by atoms with Gasteiger partial charge < -0.3 is 0 Å². The molecule has 0 saturated heterocycles. The lowest BCUT2D eigenvalue weighted by Crippen LogP contribution is -2.17. The lowest BCUT2D eigenvalue weighted by atomic mass is 9.44. The summed E-state index contributed by atoms with van der Waals surface area (Å²) in [6, 6.07) is 3.26. The molecule has 108 valence electrons. The molecule has 0 aliphatic carbocycles. The summed E-state index contributed by atoms with van der Waals surface area (Å²) < 4.78 is -0.682. The largest absolute Gasteiger partial charge is 0.138 e. The van der Waals surface area contributed by atoms with Gasteiger partial charge in [-0.25, -0.2) is 0 Å². The minimum atomic E-state index is -0.227. The van der Waals surface area contributed by atoms with Gasteiger partial charge in [-0.3, -0.25) is 0 Å². The lowest BCUT2D eigenvalue weighted by molar-refractivity contribution is 1.21. The number of rotatable bonds is 12. The Kier molecular flexibility index (Phi) is 15.9. The van der Waals surface area contributed by atoms with Crippen LogP contribution in [0.2, 0.25) is 37.1 Å². The van der Waals surface area contributed by atoms with Gasteiger partial charge >= 0.3 is 0 Å². The topological polar surface area (TPSA) is 0 Å². The summed E-state index contributed by atoms with van der Waals surface area (Å²) in [4.78, 5) is 0. The van der Waals surface area contributed by atoms with Crippen LogP contribution < -0.4 is 0 Å². The molecule has 0 rings (SSSR count). The van der Waals surface area contributed by atoms with Gasteiger partial charge in [0, 0.05) is 0 Å². The summed E-state index contributed by atoms with van der Waals surface area (Å²) in [5.74, 6) is 0. The molecule has 0 bridgehead atoms. The maximum Gasteiger partial charge on any atom is 0.138 e. The molecule has 0 saturated carbocycles. The first-order chi connectivity index (χ1) is 8.91. The molecule has 0 fully saturated rings. The Hall–Kier alpha value is 2.46. The Morgan fingerprint density at radius 1 is 0.579 bits per heavy atom. The molecule has 0 heterocycles. The van der Waals surface area contributed by atoms with Gasteiger partial charge in [0.2, 0.25) is 0 Å². The molecule has 10 heteroatoms. The zero-order valence-electron chi connectivity index (χ0n) is 10.3. The summed E-state index contributed by atoms with van der Waals surface area (Å²) in [7, 11) is 1.84. The molecule has 0 N–H and O–H groups in total. The van der Waals surface area contributed by atoms with E-state index in [0.29, 0.717) is 35.3 Å². The van der Waals surface area contributed by atoms with Crippen LogP contribution in [0.25, 0.3) is 0 Å². The highest BCUT2D eigenvalue weighted by atomic mass is 35.5. The van der Waals surface area contributed by atoms with Crippen molar-refractivity contribution in [2.24, 2.45) is 0 Å². The van der Waals surface area contributed by atoms with Gasteiger partial charge in [-0.1, -0.05) is 37.1 Å². The van der Waals surface area contributed by atoms with Crippen molar-refractivity contribution < 1.29 is 0 Å². The zero-order valence-corrected chi connectivity index (χ0v) is 17.9. The predicted molar refractivity (Wildman–Crippen MR) is 98.3 cm³/mol. The maximum atomic E-state index is 5.76. The summed E-state index contributed by atoms with van der Waals surface area (Å²) in [5.41, 5.74) is 0. The van der Waals surface area contributed by atoms with E-state index in [1.54, 1.807) is 0 Å². The van der Waals surface area contributed by atoms with Crippen LogP contribution in [0, 0.1) is 0 Å². The minimum Gasteiger partial charge on any atom is -0.110 e. The van der Waals surface area contributed by atoms with Crippen LogP contribution in [0.5, 0.6) is 0 Å². The fourth-order valence-corrected chi connectivity index (χ4v) is 5.97. The monoisotopic (exact) mass is 428 g/mol. The van der Waals surface area contributed by atoms with Crippen molar-refractivity contribution >= 4 is 105 Å². The van der Waals surface area contributed by atoms with Gasteiger partial charge in [0.1, 0.15) is 6.71 Å². The fraction of sp³-hybridized carbons (Fsp3) is 1.00. The van der Waals surface area contributed by atoms with Gasteiger partial charge in [-0.15, -0.1) is 69.6 Å². The van der Waals surface area contributed by atoms with Gasteiger partial charge in [0.05, 0.1) is 41.9 Å². The third-order valence-corrected chi connectivity index (χ3v) is 7.99. The van der Waals surface area contributed by atoms with Crippen LogP contribution in [0.15, 0.2) is 0 Å². The van der Waals surface area contributed by atoms with Crippen LogP contribution in [-0.4, -0.2) is 48.7 Å². The first-order valence-corrected chi connectivity index (χ1v) is 12.4. The van der Waals surface area contributed by atoms with E-state index >= 15 is 0 Å². The fourth-order valence-electron chi connectivity index (χ4n) is 1.62. The summed E-state index contributed by atoms with van der Waals surface area (Å²) >= 11 is 34.6. The highest BCUT2D eigenvalue weighted by Gasteiger charge is 2.16. The maximum absolute atomic E-state index is 5.76. The van der Waals surface area contributed by atoms with E-state index in [9.17, 15) is 0 Å². The van der Waals surface area contributed by atoms with Gasteiger partial charge in [-0.05, 0) is 0 Å². The Morgan fingerprint density at radius 2 is 0.842 bits per heavy atom. The van der Waals surface area contributed by atoms with Crippen LogP contribution >= 0.6 is 69.6 Å². The molecule has 0 atom stereocenters. The van der Waals surface area contributed by atoms with Crippen LogP contribution in [-0.2, 0) is 0 Å². The first kappa shape index (κ1) is 21.5. The zero-order chi connectivity index (χ0) is 14.7. The summed E-state index contributed by atoms with van der Waals surface area (Å²) in [6.45, 7) is 0.679. The van der Waals surface area contributed by atoms with E-state index in [1.165, 1.54) is 0 Å². The van der Waals surface area contributed by atoms with Gasteiger partial charge in [0.15, 0.2) is 0 Å². The number of hydrogen-bond donors (Lipinski definition) is 0. The molecule has 0 aliphatic heterocycles. The van der Waals surface area contributed by atoms with Gasteiger partial charge in [-0.2, -0.15) is 0 Å². The minimum absolute atomic E-state index is 0.227. The second-order valence-corrected chi connectivity index (χ2v) is 13.9. The Labute approximate surface area is 154 Å². The third-order valence-electron chi connectivity index (χ3n) is 2.55. The highest BCUT2D eigenvalue weighted by Crippen LogP contribution is 2.17. The molecular weight excluding hydrogens is 416 g/mol. The van der Waals surface area contributed by atoms with E-state index in [4.69, 9.17) is 69.6 Å². The van der Waals surface area contributed by atoms with Crippen molar-refractivity contribution in [3.8, 4) is 0 Å². The molecular formula is C9H15BCl6Si3. The van der Waals surface area contributed by atoms with Crippen LogP contribution in [0.4, 0.5) is 0 Å². The Morgan fingerprint density at radius 3 is 1.05 bits per heavy atom. The summed E-state index contributed by atoms with van der Waals surface area (Å²) in [5, 5.41) is 0. The second kappa shape index (κ2) is 14.1. The van der Waals surface area contributed by atoms with Crippen molar-refractivity contribution in [2.75, 3.05) is 0 Å². The van der Waals surface area contributed by atoms with Crippen molar-refractivity contribution in [3.63, 3.8) is 0 Å². The average Bonchev–Trinajstić information content (AvgIpc) is 2.26. The summed E-state index contributed by atoms with van der Waals surface area (Å²) in [6.07, 6.45) is 3.48. The third kappa shape index (κ3) is 16.7. The molecule has 0 nitrogen and oxygen atoms in total. The van der Waals surface area contributed by atoms with E-state index in [-0.39, 0.29) is 13.4 Å². The van der Waals surface area contributed by atoms with Crippen LogP contribution in [0.3, 0.4) is 0 Å². The van der Waals surface area contributed by atoms with Crippen molar-refractivity contribution in [3.05, 3.63) is 0 Å². The molecule has 0 amide bonds. The second-order valence-electron chi connectivity index (χ2n) is 4.00. The van der Waals surface area contributed by atoms with E-state index in [0.717, 1.165) is 37.1 Å². The number of halogens is 6. The van der Waals surface area contributed by atoms with Crippen molar-refractivity contribution in [1.29, 1.82) is 0 Å². The highest BCUT2D eigenvalue weighted by molar-refractivity contribution is 6.72. The van der Waals surface area contributed by atoms with Gasteiger partial charge in [0.25, 0.3) is 0 Å². The number of hydrogen-bond acceptors (Lipinski definition) is 0. The SMILES string of the molecule is ClC(Cl)[Si]CCB(CC[Si]C(Cl)Cl)CC[Si]C(Cl)Cl. The molecule has 6 radical (unpaired) electrons.